The highest BCUT2D eigenvalue weighted by Crippen LogP contribution is 2.62. The minimum atomic E-state index is -3.53. The second kappa shape index (κ2) is 6.77. The summed E-state index contributed by atoms with van der Waals surface area (Å²) < 4.78 is 29.3. The fourth-order valence-electron chi connectivity index (χ4n) is 2.27. The first-order chi connectivity index (χ1) is 10.0. The van der Waals surface area contributed by atoms with Crippen LogP contribution in [0, 0.1) is 5.92 Å². The molecule has 0 spiro atoms. The zero-order valence-corrected chi connectivity index (χ0v) is 13.5. The van der Waals surface area contributed by atoms with E-state index in [9.17, 15) is 9.36 Å². The van der Waals surface area contributed by atoms with Crippen molar-refractivity contribution in [2.75, 3.05) is 20.3 Å². The Kier molecular flexibility index (Phi) is 5.25. The molecule has 6 nitrogen and oxygen atoms in total. The molecule has 1 aliphatic rings. The van der Waals surface area contributed by atoms with Crippen LogP contribution in [0.3, 0.4) is 0 Å². The molecule has 1 aromatic heterocycles. The van der Waals surface area contributed by atoms with Crippen LogP contribution < -0.4 is 0 Å². The number of nitrogens with zero attached hydrogens (tertiary/aromatic N) is 1. The molecule has 1 amide bonds. The van der Waals surface area contributed by atoms with E-state index in [-0.39, 0.29) is 25.0 Å². The summed E-state index contributed by atoms with van der Waals surface area (Å²) in [7, 11) is -1.91. The van der Waals surface area contributed by atoms with Crippen molar-refractivity contribution in [2.24, 2.45) is 5.92 Å². The van der Waals surface area contributed by atoms with Gasteiger partial charge in [-0.25, -0.2) is 0 Å². The smallest absolute Gasteiger partial charge is 0.360 e. The molecule has 0 bridgehead atoms. The first-order valence-corrected chi connectivity index (χ1v) is 8.83. The van der Waals surface area contributed by atoms with Crippen LogP contribution in [0.15, 0.2) is 22.8 Å². The summed E-state index contributed by atoms with van der Waals surface area (Å²) in [5.74, 6) is -0.461. The minimum absolute atomic E-state index is 0.0177. The van der Waals surface area contributed by atoms with E-state index in [1.54, 1.807) is 33.0 Å². The number of furan rings is 1. The van der Waals surface area contributed by atoms with Gasteiger partial charge in [0, 0.05) is 13.0 Å². The monoisotopic (exact) mass is 315 g/mol. The SMILES string of the molecule is CCOP(=O)(OCC)[C@H](c1ccco1)N(C)C(=O)C1CC1. The van der Waals surface area contributed by atoms with Crippen LogP contribution in [0.2, 0.25) is 0 Å². The molecule has 2 rings (SSSR count). The molecular formula is C14H22NO5P. The van der Waals surface area contributed by atoms with Crippen LogP contribution >= 0.6 is 7.60 Å². The normalized spacial score (nSPS) is 16.7. The van der Waals surface area contributed by atoms with Gasteiger partial charge in [-0.2, -0.15) is 0 Å². The van der Waals surface area contributed by atoms with Crippen molar-refractivity contribution in [1.29, 1.82) is 0 Å². The van der Waals surface area contributed by atoms with Gasteiger partial charge in [0.15, 0.2) is 5.78 Å². The van der Waals surface area contributed by atoms with Gasteiger partial charge in [-0.1, -0.05) is 0 Å². The van der Waals surface area contributed by atoms with Gasteiger partial charge in [0.2, 0.25) is 5.91 Å². The van der Waals surface area contributed by atoms with Crippen molar-refractivity contribution in [2.45, 2.75) is 32.5 Å². The van der Waals surface area contributed by atoms with Crippen molar-refractivity contribution in [1.82, 2.24) is 4.90 Å². The Balaban J connectivity index is 2.34. The van der Waals surface area contributed by atoms with Crippen LogP contribution in [0.1, 0.15) is 38.2 Å². The van der Waals surface area contributed by atoms with E-state index in [0.29, 0.717) is 5.76 Å². The second-order valence-electron chi connectivity index (χ2n) is 4.99. The molecule has 0 N–H and O–H groups in total. The molecule has 21 heavy (non-hydrogen) atoms. The molecule has 118 valence electrons. The third kappa shape index (κ3) is 3.57. The molecular weight excluding hydrogens is 293 g/mol. The zero-order valence-electron chi connectivity index (χ0n) is 12.7. The number of rotatable bonds is 8. The summed E-state index contributed by atoms with van der Waals surface area (Å²) in [6.45, 7) is 3.96. The summed E-state index contributed by atoms with van der Waals surface area (Å²) in [5.41, 5.74) is 0. The number of carbonyl (C=O) groups excluding carboxylic acids is 1. The molecule has 0 radical (unpaired) electrons. The molecule has 1 saturated carbocycles. The van der Waals surface area contributed by atoms with Crippen LogP contribution in [0.4, 0.5) is 0 Å². The Bertz CT molecular complexity index is 501. The summed E-state index contributed by atoms with van der Waals surface area (Å²) in [6.07, 6.45) is 3.24. The van der Waals surface area contributed by atoms with Gasteiger partial charge in [0.25, 0.3) is 0 Å². The Hall–Kier alpha value is -1.10. The third-order valence-electron chi connectivity index (χ3n) is 3.36. The van der Waals surface area contributed by atoms with Crippen molar-refractivity contribution in [3.05, 3.63) is 24.2 Å². The van der Waals surface area contributed by atoms with Crippen molar-refractivity contribution in [3.63, 3.8) is 0 Å². The van der Waals surface area contributed by atoms with Gasteiger partial charge in [0.1, 0.15) is 5.76 Å². The van der Waals surface area contributed by atoms with Crippen LogP contribution in [0.5, 0.6) is 0 Å². The summed E-state index contributed by atoms with van der Waals surface area (Å²) in [5, 5.41) is 0. The first kappa shape index (κ1) is 16.3. The van der Waals surface area contributed by atoms with Crippen LogP contribution in [0.25, 0.3) is 0 Å². The molecule has 1 atom stereocenters. The molecule has 0 aliphatic heterocycles. The molecule has 1 aliphatic carbocycles. The second-order valence-corrected chi connectivity index (χ2v) is 7.07. The Labute approximate surface area is 124 Å². The lowest BCUT2D eigenvalue weighted by Crippen LogP contribution is -2.33. The van der Waals surface area contributed by atoms with E-state index < -0.39 is 13.4 Å². The maximum absolute atomic E-state index is 13.1. The highest BCUT2D eigenvalue weighted by molar-refractivity contribution is 7.54. The fourth-order valence-corrected chi connectivity index (χ4v) is 4.35. The number of hydrogen-bond donors (Lipinski definition) is 0. The maximum Gasteiger partial charge on any atom is 0.360 e. The lowest BCUT2D eigenvalue weighted by molar-refractivity contribution is -0.132. The quantitative estimate of drug-likeness (QED) is 0.688. The van der Waals surface area contributed by atoms with E-state index >= 15 is 0 Å². The van der Waals surface area contributed by atoms with E-state index in [0.717, 1.165) is 12.8 Å². The molecule has 0 unspecified atom stereocenters. The summed E-state index contributed by atoms with van der Waals surface area (Å²) in [4.78, 5) is 13.8. The van der Waals surface area contributed by atoms with Crippen molar-refractivity contribution in [3.8, 4) is 0 Å². The van der Waals surface area contributed by atoms with Gasteiger partial charge >= 0.3 is 7.60 Å². The Morgan fingerprint density at radius 3 is 2.48 bits per heavy atom. The minimum Gasteiger partial charge on any atom is -0.466 e. The topological polar surface area (TPSA) is 69.0 Å². The Morgan fingerprint density at radius 1 is 1.43 bits per heavy atom. The lowest BCUT2D eigenvalue weighted by Gasteiger charge is -2.32. The van der Waals surface area contributed by atoms with Crippen molar-refractivity contribution < 1.29 is 22.8 Å². The standard InChI is InChI=1S/C14H22NO5P/c1-4-19-21(17,20-5-2)14(12-7-6-10-18-12)15(3)13(16)11-8-9-11/h6-7,10-11,14H,4-5,8-9H2,1-3H3/t14-/m1/s1. The number of amides is 1. The highest BCUT2D eigenvalue weighted by Gasteiger charge is 2.46. The lowest BCUT2D eigenvalue weighted by atomic mass is 10.3. The summed E-state index contributed by atoms with van der Waals surface area (Å²) in [6, 6.07) is 3.38. The van der Waals surface area contributed by atoms with Crippen LogP contribution in [-0.4, -0.2) is 31.1 Å². The number of hydrogen-bond acceptors (Lipinski definition) is 5. The summed E-state index contributed by atoms with van der Waals surface area (Å²) >= 11 is 0. The third-order valence-corrected chi connectivity index (χ3v) is 5.79. The molecule has 1 fully saturated rings. The van der Waals surface area contributed by atoms with Gasteiger partial charge in [0.05, 0.1) is 19.5 Å². The fraction of sp³-hybridized carbons (Fsp3) is 0.643. The molecule has 0 aromatic carbocycles. The molecule has 1 aromatic rings. The van der Waals surface area contributed by atoms with Gasteiger partial charge in [-0.05, 0) is 38.8 Å². The predicted octanol–water partition coefficient (Wildman–Crippen LogP) is 3.41. The van der Waals surface area contributed by atoms with E-state index in [1.807, 2.05) is 0 Å². The molecule has 1 heterocycles. The average Bonchev–Trinajstić information content (AvgIpc) is 3.16. The van der Waals surface area contributed by atoms with Gasteiger partial charge in [-0.3, -0.25) is 9.36 Å². The van der Waals surface area contributed by atoms with E-state index in [4.69, 9.17) is 13.5 Å². The molecule has 7 heteroatoms. The largest absolute Gasteiger partial charge is 0.466 e. The van der Waals surface area contributed by atoms with Crippen LogP contribution in [-0.2, 0) is 18.4 Å². The molecule has 0 saturated heterocycles. The Morgan fingerprint density at radius 2 is 2.05 bits per heavy atom. The predicted molar refractivity (Wildman–Crippen MR) is 77.8 cm³/mol. The first-order valence-electron chi connectivity index (χ1n) is 7.22. The van der Waals surface area contributed by atoms with Gasteiger partial charge in [-0.15, -0.1) is 0 Å². The maximum atomic E-state index is 13.1. The van der Waals surface area contributed by atoms with E-state index in [2.05, 4.69) is 0 Å². The van der Waals surface area contributed by atoms with E-state index in [1.165, 1.54) is 11.2 Å². The zero-order chi connectivity index (χ0) is 15.5. The van der Waals surface area contributed by atoms with Gasteiger partial charge < -0.3 is 18.4 Å². The van der Waals surface area contributed by atoms with Crippen molar-refractivity contribution >= 4 is 13.5 Å². The number of carbonyl (C=O) groups is 1. The highest BCUT2D eigenvalue weighted by atomic mass is 31.2. The average molecular weight is 315 g/mol.